The number of carbonyl (C=O) groups excluding carboxylic acids is 1. The van der Waals surface area contributed by atoms with Crippen LogP contribution in [0.5, 0.6) is 11.5 Å². The second kappa shape index (κ2) is 10.6. The number of thioether (sulfide) groups is 1. The molecule has 0 aliphatic heterocycles. The SMILES string of the molecule is C=CCn1c(SCC(=O)Nc2c(Cl)cccc2Cl)nnc1-c1ccc(OC)c(OC)c1. The highest BCUT2D eigenvalue weighted by Gasteiger charge is 2.17. The van der Waals surface area contributed by atoms with Gasteiger partial charge in [-0.05, 0) is 30.3 Å². The van der Waals surface area contributed by atoms with E-state index in [1.54, 1.807) is 44.6 Å². The van der Waals surface area contributed by atoms with E-state index in [0.717, 1.165) is 5.56 Å². The largest absolute Gasteiger partial charge is 0.493 e. The van der Waals surface area contributed by atoms with E-state index in [9.17, 15) is 4.79 Å². The zero-order chi connectivity index (χ0) is 22.4. The average molecular weight is 479 g/mol. The van der Waals surface area contributed by atoms with Gasteiger partial charge in [-0.3, -0.25) is 9.36 Å². The number of aromatic nitrogens is 3. The Hall–Kier alpha value is -2.68. The highest BCUT2D eigenvalue weighted by atomic mass is 35.5. The first-order valence-electron chi connectivity index (χ1n) is 9.11. The number of hydrogen-bond donors (Lipinski definition) is 1. The van der Waals surface area contributed by atoms with Crippen LogP contribution in [0.4, 0.5) is 5.69 Å². The molecule has 31 heavy (non-hydrogen) atoms. The number of amides is 1. The number of hydrogen-bond acceptors (Lipinski definition) is 6. The van der Waals surface area contributed by atoms with E-state index in [1.165, 1.54) is 11.8 Å². The highest BCUT2D eigenvalue weighted by molar-refractivity contribution is 7.99. The Balaban J connectivity index is 1.79. The summed E-state index contributed by atoms with van der Waals surface area (Å²) in [4.78, 5) is 12.4. The number of para-hydroxylation sites is 1. The zero-order valence-corrected chi connectivity index (χ0v) is 19.2. The van der Waals surface area contributed by atoms with Gasteiger partial charge < -0.3 is 14.8 Å². The molecule has 1 aromatic heterocycles. The van der Waals surface area contributed by atoms with E-state index in [4.69, 9.17) is 32.7 Å². The molecule has 0 aliphatic carbocycles. The Bertz CT molecular complexity index is 1080. The molecule has 1 heterocycles. The molecule has 0 saturated carbocycles. The van der Waals surface area contributed by atoms with Crippen LogP contribution < -0.4 is 14.8 Å². The van der Waals surface area contributed by atoms with Gasteiger partial charge >= 0.3 is 0 Å². The first-order chi connectivity index (χ1) is 15.0. The lowest BCUT2D eigenvalue weighted by Crippen LogP contribution is -2.15. The molecular formula is C21H20Cl2N4O3S. The van der Waals surface area contributed by atoms with E-state index in [2.05, 4.69) is 22.1 Å². The van der Waals surface area contributed by atoms with E-state index >= 15 is 0 Å². The minimum atomic E-state index is -0.263. The van der Waals surface area contributed by atoms with Crippen molar-refractivity contribution in [3.8, 4) is 22.9 Å². The summed E-state index contributed by atoms with van der Waals surface area (Å²) in [6.07, 6.45) is 1.74. The number of nitrogens with one attached hydrogen (secondary N) is 1. The van der Waals surface area contributed by atoms with Gasteiger partial charge in [0.25, 0.3) is 0 Å². The van der Waals surface area contributed by atoms with Gasteiger partial charge in [-0.2, -0.15) is 0 Å². The molecule has 7 nitrogen and oxygen atoms in total. The third-order valence-electron chi connectivity index (χ3n) is 4.23. The molecule has 0 radical (unpaired) electrons. The lowest BCUT2D eigenvalue weighted by molar-refractivity contribution is -0.113. The minimum absolute atomic E-state index is 0.1000. The summed E-state index contributed by atoms with van der Waals surface area (Å²) < 4.78 is 12.5. The maximum atomic E-state index is 12.4. The van der Waals surface area contributed by atoms with E-state index in [-0.39, 0.29) is 11.7 Å². The van der Waals surface area contributed by atoms with Crippen LogP contribution >= 0.6 is 35.0 Å². The number of carbonyl (C=O) groups is 1. The zero-order valence-electron chi connectivity index (χ0n) is 16.9. The van der Waals surface area contributed by atoms with Crippen LogP contribution in [0.15, 0.2) is 54.2 Å². The predicted octanol–water partition coefficient (Wildman–Crippen LogP) is 5.19. The number of nitrogens with zero attached hydrogens (tertiary/aromatic N) is 3. The number of ether oxygens (including phenoxy) is 2. The second-order valence-electron chi connectivity index (χ2n) is 6.21. The topological polar surface area (TPSA) is 78.3 Å². The van der Waals surface area contributed by atoms with Gasteiger partial charge in [0.1, 0.15) is 0 Å². The van der Waals surface area contributed by atoms with Crippen molar-refractivity contribution in [2.75, 3.05) is 25.3 Å². The quantitative estimate of drug-likeness (QED) is 0.336. The molecule has 162 valence electrons. The number of halogens is 2. The summed E-state index contributed by atoms with van der Waals surface area (Å²) in [5.74, 6) is 1.66. The number of benzene rings is 2. The average Bonchev–Trinajstić information content (AvgIpc) is 3.17. The van der Waals surface area contributed by atoms with Crippen LogP contribution in [0.2, 0.25) is 10.0 Å². The second-order valence-corrected chi connectivity index (χ2v) is 7.97. The summed E-state index contributed by atoms with van der Waals surface area (Å²) in [6, 6.07) is 10.5. The molecule has 1 N–H and O–H groups in total. The first kappa shape index (κ1) is 23.0. The number of allylic oxidation sites excluding steroid dienone is 1. The van der Waals surface area contributed by atoms with Crippen LogP contribution in [-0.2, 0) is 11.3 Å². The van der Waals surface area contributed by atoms with Crippen LogP contribution in [0, 0.1) is 0 Å². The van der Waals surface area contributed by atoms with Gasteiger partial charge in [0.15, 0.2) is 22.5 Å². The minimum Gasteiger partial charge on any atom is -0.493 e. The van der Waals surface area contributed by atoms with Crippen molar-refractivity contribution in [1.29, 1.82) is 0 Å². The normalized spacial score (nSPS) is 10.6. The molecule has 0 fully saturated rings. The van der Waals surface area contributed by atoms with Crippen molar-refractivity contribution in [3.63, 3.8) is 0 Å². The molecule has 1 amide bonds. The van der Waals surface area contributed by atoms with Crippen LogP contribution in [0.3, 0.4) is 0 Å². The molecule has 0 saturated heterocycles. The summed E-state index contributed by atoms with van der Waals surface area (Å²) in [7, 11) is 3.15. The van der Waals surface area contributed by atoms with Crippen molar-refractivity contribution >= 4 is 46.6 Å². The molecule has 0 spiro atoms. The van der Waals surface area contributed by atoms with Gasteiger partial charge in [-0.25, -0.2) is 0 Å². The molecule has 10 heteroatoms. The smallest absolute Gasteiger partial charge is 0.234 e. The standard InChI is InChI=1S/C21H20Cl2N4O3S/c1-4-10-27-20(13-8-9-16(29-2)17(11-13)30-3)25-26-21(27)31-12-18(28)24-19-14(22)6-5-7-15(19)23/h4-9,11H,1,10,12H2,2-3H3,(H,24,28). The van der Waals surface area contributed by atoms with Crippen molar-refractivity contribution in [3.05, 3.63) is 59.1 Å². The molecule has 0 atom stereocenters. The summed E-state index contributed by atoms with van der Waals surface area (Å²) >= 11 is 13.5. The fraction of sp³-hybridized carbons (Fsp3) is 0.190. The Kier molecular flexibility index (Phi) is 7.84. The summed E-state index contributed by atoms with van der Waals surface area (Å²) in [5, 5.41) is 12.6. The highest BCUT2D eigenvalue weighted by Crippen LogP contribution is 2.33. The predicted molar refractivity (Wildman–Crippen MR) is 125 cm³/mol. The van der Waals surface area contributed by atoms with Crippen molar-refractivity contribution in [2.24, 2.45) is 0 Å². The molecule has 2 aromatic carbocycles. The molecular weight excluding hydrogens is 459 g/mol. The van der Waals surface area contributed by atoms with Gasteiger partial charge in [0, 0.05) is 12.1 Å². The fourth-order valence-corrected chi connectivity index (χ4v) is 4.04. The van der Waals surface area contributed by atoms with Gasteiger partial charge in [0.2, 0.25) is 5.91 Å². The third kappa shape index (κ3) is 5.33. The van der Waals surface area contributed by atoms with Crippen LogP contribution in [0.1, 0.15) is 0 Å². The van der Waals surface area contributed by atoms with E-state index in [0.29, 0.717) is 44.8 Å². The van der Waals surface area contributed by atoms with Crippen molar-refractivity contribution in [2.45, 2.75) is 11.7 Å². The maximum Gasteiger partial charge on any atom is 0.234 e. The molecule has 0 bridgehead atoms. The van der Waals surface area contributed by atoms with Crippen LogP contribution in [-0.4, -0.2) is 40.6 Å². The lowest BCUT2D eigenvalue weighted by atomic mass is 10.2. The Morgan fingerprint density at radius 3 is 2.52 bits per heavy atom. The Morgan fingerprint density at radius 1 is 1.16 bits per heavy atom. The van der Waals surface area contributed by atoms with Crippen LogP contribution in [0.25, 0.3) is 11.4 Å². The van der Waals surface area contributed by atoms with E-state index in [1.807, 2.05) is 16.7 Å². The monoisotopic (exact) mass is 478 g/mol. The first-order valence-corrected chi connectivity index (χ1v) is 10.9. The Morgan fingerprint density at radius 2 is 1.87 bits per heavy atom. The van der Waals surface area contributed by atoms with Gasteiger partial charge in [0.05, 0.1) is 35.7 Å². The molecule has 0 unspecified atom stereocenters. The fourth-order valence-electron chi connectivity index (χ4n) is 2.80. The summed E-state index contributed by atoms with van der Waals surface area (Å²) in [5.41, 5.74) is 1.18. The molecule has 3 aromatic rings. The molecule has 0 aliphatic rings. The van der Waals surface area contributed by atoms with Crippen molar-refractivity contribution in [1.82, 2.24) is 14.8 Å². The molecule has 3 rings (SSSR count). The van der Waals surface area contributed by atoms with E-state index < -0.39 is 0 Å². The van der Waals surface area contributed by atoms with Gasteiger partial charge in [-0.1, -0.05) is 47.1 Å². The maximum absolute atomic E-state index is 12.4. The summed E-state index contributed by atoms with van der Waals surface area (Å²) in [6.45, 7) is 4.27. The Labute approximate surface area is 194 Å². The van der Waals surface area contributed by atoms with Crippen molar-refractivity contribution < 1.29 is 14.3 Å². The number of rotatable bonds is 9. The number of anilines is 1. The van der Waals surface area contributed by atoms with Gasteiger partial charge in [-0.15, -0.1) is 16.8 Å². The number of methoxy groups -OCH3 is 2. The third-order valence-corrected chi connectivity index (χ3v) is 5.83. The lowest BCUT2D eigenvalue weighted by Gasteiger charge is -2.11.